The van der Waals surface area contributed by atoms with Crippen molar-refractivity contribution in [2.24, 2.45) is 0 Å². The van der Waals surface area contributed by atoms with Gasteiger partial charge in [0.15, 0.2) is 15.7 Å². The number of carbonyl (C=O) groups is 1. The molecule has 0 saturated carbocycles. The maximum atomic E-state index is 12.7. The highest BCUT2D eigenvalue weighted by Gasteiger charge is 2.23. The van der Waals surface area contributed by atoms with Crippen LogP contribution in [0.1, 0.15) is 13.8 Å². The van der Waals surface area contributed by atoms with Crippen LogP contribution in [0.4, 0.5) is 28.8 Å². The second kappa shape index (κ2) is 10.8. The Morgan fingerprint density at radius 2 is 1.68 bits per heavy atom. The average Bonchev–Trinajstić information content (AvgIpc) is 2.77. The van der Waals surface area contributed by atoms with Gasteiger partial charge in [-0.25, -0.2) is 13.4 Å². The zero-order valence-electron chi connectivity index (χ0n) is 19.3. The first-order chi connectivity index (χ1) is 16.1. The number of halogens is 1. The van der Waals surface area contributed by atoms with Crippen molar-refractivity contribution in [2.45, 2.75) is 24.0 Å². The molecular weight excluding hydrogens is 476 g/mol. The van der Waals surface area contributed by atoms with Gasteiger partial charge in [0.1, 0.15) is 5.02 Å². The summed E-state index contributed by atoms with van der Waals surface area (Å²) in [5, 5.41) is 8.57. The van der Waals surface area contributed by atoms with E-state index in [1.165, 1.54) is 6.20 Å². The lowest BCUT2D eigenvalue weighted by molar-refractivity contribution is -0.116. The number of nitrogens with zero attached hydrogens (tertiary/aromatic N) is 3. The highest BCUT2D eigenvalue weighted by Crippen LogP contribution is 2.30. The van der Waals surface area contributed by atoms with Crippen LogP contribution in [-0.2, 0) is 14.6 Å². The van der Waals surface area contributed by atoms with Crippen LogP contribution in [0.25, 0.3) is 0 Å². The van der Waals surface area contributed by atoms with Gasteiger partial charge in [0.05, 0.1) is 28.6 Å². The van der Waals surface area contributed by atoms with Crippen molar-refractivity contribution in [3.63, 3.8) is 0 Å². The predicted octanol–water partition coefficient (Wildman–Crippen LogP) is 4.30. The number of amides is 1. The molecule has 34 heavy (non-hydrogen) atoms. The van der Waals surface area contributed by atoms with Gasteiger partial charge in [-0.2, -0.15) is 4.98 Å². The van der Waals surface area contributed by atoms with Crippen molar-refractivity contribution in [2.75, 3.05) is 36.6 Å². The van der Waals surface area contributed by atoms with Crippen molar-refractivity contribution in [1.82, 2.24) is 14.9 Å². The van der Waals surface area contributed by atoms with Crippen LogP contribution in [0, 0.1) is 0 Å². The molecule has 0 spiro atoms. The summed E-state index contributed by atoms with van der Waals surface area (Å²) in [6.45, 7) is 3.55. The molecule has 3 aromatic rings. The number of benzene rings is 2. The molecule has 0 aliphatic rings. The summed E-state index contributed by atoms with van der Waals surface area (Å²) >= 11 is 6.28. The summed E-state index contributed by atoms with van der Waals surface area (Å²) < 4.78 is 25.5. The van der Waals surface area contributed by atoms with Gasteiger partial charge in [-0.05, 0) is 64.3 Å². The minimum atomic E-state index is -3.52. The van der Waals surface area contributed by atoms with Gasteiger partial charge in [0, 0.05) is 11.4 Å². The zero-order valence-corrected chi connectivity index (χ0v) is 20.9. The van der Waals surface area contributed by atoms with Crippen LogP contribution in [0.5, 0.6) is 0 Å². The highest BCUT2D eigenvalue weighted by atomic mass is 35.5. The van der Waals surface area contributed by atoms with Gasteiger partial charge in [0.25, 0.3) is 0 Å². The van der Waals surface area contributed by atoms with Crippen LogP contribution in [0.2, 0.25) is 5.02 Å². The lowest BCUT2D eigenvalue weighted by Crippen LogP contribution is -2.27. The van der Waals surface area contributed by atoms with Gasteiger partial charge >= 0.3 is 0 Å². The molecule has 1 amide bonds. The lowest BCUT2D eigenvalue weighted by atomic mass is 10.2. The zero-order chi connectivity index (χ0) is 24.9. The first-order valence-corrected chi connectivity index (χ1v) is 12.4. The molecule has 0 bridgehead atoms. The average molecular weight is 503 g/mol. The minimum Gasteiger partial charge on any atom is -0.338 e. The van der Waals surface area contributed by atoms with E-state index < -0.39 is 15.1 Å². The molecule has 0 fully saturated rings. The summed E-state index contributed by atoms with van der Waals surface area (Å²) in [5.74, 6) is 0.417. The van der Waals surface area contributed by atoms with E-state index in [4.69, 9.17) is 11.6 Å². The summed E-state index contributed by atoms with van der Waals surface area (Å²) in [7, 11) is 0.130. The topological polar surface area (TPSA) is 116 Å². The van der Waals surface area contributed by atoms with Crippen molar-refractivity contribution in [1.29, 1.82) is 0 Å². The third kappa shape index (κ3) is 6.43. The summed E-state index contributed by atoms with van der Waals surface area (Å²) in [5.41, 5.74) is 1.74. The van der Waals surface area contributed by atoms with E-state index in [0.717, 1.165) is 0 Å². The Morgan fingerprint density at radius 3 is 2.32 bits per heavy atom. The summed E-state index contributed by atoms with van der Waals surface area (Å²) in [6, 6.07) is 13.7. The van der Waals surface area contributed by atoms with Gasteiger partial charge in [-0.15, -0.1) is 0 Å². The predicted molar refractivity (Wildman–Crippen MR) is 136 cm³/mol. The maximum absolute atomic E-state index is 12.7. The monoisotopic (exact) mass is 502 g/mol. The Morgan fingerprint density at radius 1 is 1.03 bits per heavy atom. The van der Waals surface area contributed by atoms with Crippen molar-refractivity contribution >= 4 is 56.2 Å². The molecule has 0 aliphatic carbocycles. The number of aromatic nitrogens is 2. The Bertz CT molecular complexity index is 1260. The highest BCUT2D eigenvalue weighted by molar-refractivity contribution is 7.92. The number of hydrogen-bond acceptors (Lipinski definition) is 8. The summed E-state index contributed by atoms with van der Waals surface area (Å²) in [6.07, 6.45) is 1.43. The largest absolute Gasteiger partial charge is 0.338 e. The van der Waals surface area contributed by atoms with Gasteiger partial charge in [-0.1, -0.05) is 23.7 Å². The lowest BCUT2D eigenvalue weighted by Gasteiger charge is -2.15. The number of sulfone groups is 1. The first-order valence-electron chi connectivity index (χ1n) is 10.5. The Labute approximate surface area is 204 Å². The molecule has 0 unspecified atom stereocenters. The molecule has 11 heteroatoms. The second-order valence-corrected chi connectivity index (χ2v) is 11.0. The standard InChI is InChI=1S/C23H27ClN6O3S/c1-15(2)34(32,33)20-8-6-5-7-19(20)28-22-18(24)13-25-23(29-22)27-17-11-9-16(10-12-17)26-21(31)14-30(3)4/h5-13,15H,14H2,1-4H3,(H,26,31)(H2,25,27,28,29). The van der Waals surface area contributed by atoms with E-state index >= 15 is 0 Å². The molecule has 0 aliphatic heterocycles. The summed E-state index contributed by atoms with van der Waals surface area (Å²) in [4.78, 5) is 22.4. The molecule has 3 N–H and O–H groups in total. The third-order valence-electron chi connectivity index (χ3n) is 4.70. The minimum absolute atomic E-state index is 0.109. The van der Waals surface area contributed by atoms with Gasteiger partial charge in [0.2, 0.25) is 11.9 Å². The van der Waals surface area contributed by atoms with E-state index in [1.807, 2.05) is 14.1 Å². The molecule has 1 aromatic heterocycles. The molecule has 180 valence electrons. The number of nitrogens with one attached hydrogen (secondary N) is 3. The second-order valence-electron chi connectivity index (χ2n) is 8.09. The maximum Gasteiger partial charge on any atom is 0.238 e. The smallest absolute Gasteiger partial charge is 0.238 e. The fourth-order valence-corrected chi connectivity index (χ4v) is 4.31. The number of para-hydroxylation sites is 1. The van der Waals surface area contributed by atoms with Crippen LogP contribution in [-0.4, -0.2) is 55.1 Å². The third-order valence-corrected chi connectivity index (χ3v) is 7.18. The molecule has 2 aromatic carbocycles. The Balaban J connectivity index is 1.78. The molecule has 0 atom stereocenters. The Kier molecular flexibility index (Phi) is 8.08. The van der Waals surface area contributed by atoms with E-state index in [1.54, 1.807) is 67.3 Å². The van der Waals surface area contributed by atoms with Crippen LogP contribution >= 0.6 is 11.6 Å². The van der Waals surface area contributed by atoms with Crippen LogP contribution in [0.3, 0.4) is 0 Å². The van der Waals surface area contributed by atoms with Gasteiger partial charge in [-0.3, -0.25) is 4.79 Å². The van der Waals surface area contributed by atoms with E-state index in [9.17, 15) is 13.2 Å². The van der Waals surface area contributed by atoms with Gasteiger partial charge < -0.3 is 20.9 Å². The van der Waals surface area contributed by atoms with E-state index in [-0.39, 0.29) is 34.1 Å². The number of hydrogen-bond donors (Lipinski definition) is 3. The van der Waals surface area contributed by atoms with Crippen LogP contribution in [0.15, 0.2) is 59.6 Å². The molecule has 1 heterocycles. The number of anilines is 5. The number of likely N-dealkylation sites (N-methyl/N-ethyl adjacent to an activating group) is 1. The Hall–Kier alpha value is -3.21. The van der Waals surface area contributed by atoms with Crippen LogP contribution < -0.4 is 16.0 Å². The number of rotatable bonds is 9. The van der Waals surface area contributed by atoms with E-state index in [0.29, 0.717) is 17.1 Å². The van der Waals surface area contributed by atoms with E-state index in [2.05, 4.69) is 25.9 Å². The molecular formula is C23H27ClN6O3S. The fraction of sp³-hybridized carbons (Fsp3) is 0.261. The van der Waals surface area contributed by atoms with Crippen molar-refractivity contribution < 1.29 is 13.2 Å². The molecule has 9 nitrogen and oxygen atoms in total. The van der Waals surface area contributed by atoms with Crippen molar-refractivity contribution in [3.05, 3.63) is 59.8 Å². The first kappa shape index (κ1) is 25.4. The number of carbonyl (C=O) groups excluding carboxylic acids is 1. The van der Waals surface area contributed by atoms with Crippen molar-refractivity contribution in [3.8, 4) is 0 Å². The molecule has 0 radical (unpaired) electrons. The SMILES string of the molecule is CC(C)S(=O)(=O)c1ccccc1Nc1nc(Nc2ccc(NC(=O)CN(C)C)cc2)ncc1Cl. The quantitative estimate of drug-likeness (QED) is 0.396. The molecule has 0 saturated heterocycles. The normalized spacial score (nSPS) is 11.5. The fourth-order valence-electron chi connectivity index (χ4n) is 2.97. The molecule has 3 rings (SSSR count).